The van der Waals surface area contributed by atoms with Gasteiger partial charge in [0.05, 0.1) is 11.4 Å². The number of nitrogens with zero attached hydrogens (tertiary/aromatic N) is 2. The van der Waals surface area contributed by atoms with E-state index in [9.17, 15) is 10.2 Å². The van der Waals surface area contributed by atoms with Crippen LogP contribution in [0, 0.1) is 0 Å². The molecule has 0 unspecified atom stereocenters. The molecule has 1 aromatic carbocycles. The van der Waals surface area contributed by atoms with E-state index in [2.05, 4.69) is 9.97 Å². The predicted molar refractivity (Wildman–Crippen MR) is 86.2 cm³/mol. The Morgan fingerprint density at radius 1 is 0.818 bits per heavy atom. The summed E-state index contributed by atoms with van der Waals surface area (Å²) in [6, 6.07) is 14.0. The molecule has 0 saturated heterocycles. The van der Waals surface area contributed by atoms with Crippen molar-refractivity contribution in [1.82, 2.24) is 9.97 Å². The normalized spacial score (nSPS) is 10.9. The first-order valence-corrected chi connectivity index (χ1v) is 6.80. The van der Waals surface area contributed by atoms with Crippen molar-refractivity contribution in [3.63, 3.8) is 0 Å². The number of aromatic nitrogens is 2. The van der Waals surface area contributed by atoms with Crippen molar-refractivity contribution >= 4 is 12.2 Å². The number of phenolic OH excluding ortho intramolecular Hbond substituents is 2. The lowest BCUT2D eigenvalue weighted by molar-refractivity contribution is 0.450. The van der Waals surface area contributed by atoms with Gasteiger partial charge < -0.3 is 10.2 Å². The van der Waals surface area contributed by atoms with Crippen molar-refractivity contribution in [3.8, 4) is 22.9 Å². The maximum atomic E-state index is 9.73. The van der Waals surface area contributed by atoms with Crippen LogP contribution in [0.5, 0.6) is 11.5 Å². The van der Waals surface area contributed by atoms with E-state index in [1.54, 1.807) is 24.5 Å². The van der Waals surface area contributed by atoms with Gasteiger partial charge in [0.25, 0.3) is 0 Å². The van der Waals surface area contributed by atoms with E-state index >= 15 is 0 Å². The molecule has 0 saturated carbocycles. The summed E-state index contributed by atoms with van der Waals surface area (Å²) >= 11 is 0. The predicted octanol–water partition coefficient (Wildman–Crippen LogP) is 3.73. The van der Waals surface area contributed by atoms with Crippen LogP contribution in [0.3, 0.4) is 0 Å². The van der Waals surface area contributed by atoms with Crippen molar-refractivity contribution in [2.24, 2.45) is 0 Å². The molecule has 3 aromatic rings. The number of hydrogen-bond donors (Lipinski definition) is 2. The summed E-state index contributed by atoms with van der Waals surface area (Å²) < 4.78 is 0. The van der Waals surface area contributed by atoms with Crippen LogP contribution in [-0.4, -0.2) is 20.2 Å². The Hall–Kier alpha value is -3.14. The van der Waals surface area contributed by atoms with E-state index in [-0.39, 0.29) is 11.5 Å². The number of pyridine rings is 2. The fraction of sp³-hybridized carbons (Fsp3) is 0. The molecule has 0 aliphatic carbocycles. The number of rotatable bonds is 3. The van der Waals surface area contributed by atoms with E-state index in [4.69, 9.17) is 0 Å². The third kappa shape index (κ3) is 3.12. The van der Waals surface area contributed by atoms with Gasteiger partial charge in [0, 0.05) is 24.0 Å². The van der Waals surface area contributed by atoms with Crippen molar-refractivity contribution in [1.29, 1.82) is 0 Å². The summed E-state index contributed by atoms with van der Waals surface area (Å²) in [6.45, 7) is 0. The molecule has 2 heterocycles. The highest BCUT2D eigenvalue weighted by Crippen LogP contribution is 2.24. The Kier molecular flexibility index (Phi) is 3.83. The zero-order valence-electron chi connectivity index (χ0n) is 11.7. The molecule has 3 rings (SSSR count). The third-order valence-electron chi connectivity index (χ3n) is 3.18. The summed E-state index contributed by atoms with van der Waals surface area (Å²) in [7, 11) is 0. The molecule has 0 aliphatic heterocycles. The second-order valence-corrected chi connectivity index (χ2v) is 4.77. The quantitative estimate of drug-likeness (QED) is 0.771. The molecular weight excluding hydrogens is 276 g/mol. The van der Waals surface area contributed by atoms with Crippen LogP contribution in [0.15, 0.2) is 60.9 Å². The Morgan fingerprint density at radius 2 is 1.68 bits per heavy atom. The first kappa shape index (κ1) is 13.8. The largest absolute Gasteiger partial charge is 0.508 e. The van der Waals surface area contributed by atoms with Gasteiger partial charge in [-0.25, -0.2) is 0 Å². The monoisotopic (exact) mass is 290 g/mol. The summed E-state index contributed by atoms with van der Waals surface area (Å²) in [5.41, 5.74) is 3.18. The lowest BCUT2D eigenvalue weighted by atomic mass is 10.1. The molecule has 0 amide bonds. The molecule has 22 heavy (non-hydrogen) atoms. The van der Waals surface area contributed by atoms with Crippen molar-refractivity contribution in [2.75, 3.05) is 0 Å². The molecule has 4 heteroatoms. The summed E-state index contributed by atoms with van der Waals surface area (Å²) in [5.74, 6) is 0.0744. The van der Waals surface area contributed by atoms with Crippen molar-refractivity contribution in [3.05, 3.63) is 72.1 Å². The van der Waals surface area contributed by atoms with Crippen molar-refractivity contribution in [2.45, 2.75) is 0 Å². The third-order valence-corrected chi connectivity index (χ3v) is 3.18. The molecular formula is C18H14N2O2. The van der Waals surface area contributed by atoms with Gasteiger partial charge >= 0.3 is 0 Å². The molecule has 108 valence electrons. The minimum atomic E-state index is 0.0364. The molecule has 0 spiro atoms. The van der Waals surface area contributed by atoms with Gasteiger partial charge in [-0.15, -0.1) is 0 Å². The van der Waals surface area contributed by atoms with Crippen LogP contribution in [0.2, 0.25) is 0 Å². The first-order valence-electron chi connectivity index (χ1n) is 6.80. The van der Waals surface area contributed by atoms with E-state index in [1.165, 1.54) is 12.1 Å². The van der Waals surface area contributed by atoms with E-state index in [0.29, 0.717) is 5.56 Å². The van der Waals surface area contributed by atoms with Gasteiger partial charge in [0.1, 0.15) is 11.5 Å². The SMILES string of the molecule is Oc1ccc(/C=C\c2ccc(-c3ccccn3)nc2)c(O)c1. The smallest absolute Gasteiger partial charge is 0.126 e. The molecule has 2 aromatic heterocycles. The minimum absolute atomic E-state index is 0.0364. The molecule has 2 N–H and O–H groups in total. The van der Waals surface area contributed by atoms with Gasteiger partial charge in [0.15, 0.2) is 0 Å². The summed E-state index contributed by atoms with van der Waals surface area (Å²) in [6.07, 6.45) is 7.10. The Bertz CT molecular complexity index is 797. The number of aromatic hydroxyl groups is 2. The van der Waals surface area contributed by atoms with Crippen molar-refractivity contribution < 1.29 is 10.2 Å². The van der Waals surface area contributed by atoms with E-state index in [1.807, 2.05) is 36.4 Å². The van der Waals surface area contributed by atoms with Gasteiger partial charge in [-0.05, 0) is 35.9 Å². The highest BCUT2D eigenvalue weighted by atomic mass is 16.3. The van der Waals surface area contributed by atoms with Crippen LogP contribution in [0.4, 0.5) is 0 Å². The summed E-state index contributed by atoms with van der Waals surface area (Å²) in [5, 5.41) is 19.0. The first-order chi connectivity index (χ1) is 10.7. The van der Waals surface area contributed by atoms with Crippen LogP contribution in [0.25, 0.3) is 23.5 Å². The standard InChI is InChI=1S/C18H14N2O2/c21-15-8-7-14(18(22)11-15)6-4-13-5-9-17(20-12-13)16-3-1-2-10-19-16/h1-12,21-22H/b6-4-. The molecule has 0 bridgehead atoms. The number of benzene rings is 1. The van der Waals surface area contributed by atoms with E-state index < -0.39 is 0 Å². The van der Waals surface area contributed by atoms with Gasteiger partial charge in [-0.3, -0.25) is 9.97 Å². The highest BCUT2D eigenvalue weighted by molar-refractivity contribution is 5.73. The molecule has 0 fully saturated rings. The van der Waals surface area contributed by atoms with Crippen LogP contribution < -0.4 is 0 Å². The van der Waals surface area contributed by atoms with Gasteiger partial charge in [-0.1, -0.05) is 24.3 Å². The minimum Gasteiger partial charge on any atom is -0.508 e. The van der Waals surface area contributed by atoms with E-state index in [0.717, 1.165) is 17.0 Å². The topological polar surface area (TPSA) is 66.2 Å². The van der Waals surface area contributed by atoms with Crippen LogP contribution >= 0.6 is 0 Å². The fourth-order valence-corrected chi connectivity index (χ4v) is 2.03. The van der Waals surface area contributed by atoms with Crippen LogP contribution in [0.1, 0.15) is 11.1 Å². The number of hydrogen-bond acceptors (Lipinski definition) is 4. The second-order valence-electron chi connectivity index (χ2n) is 4.77. The molecule has 4 nitrogen and oxygen atoms in total. The average molecular weight is 290 g/mol. The summed E-state index contributed by atoms with van der Waals surface area (Å²) in [4.78, 5) is 8.64. The van der Waals surface area contributed by atoms with Crippen LogP contribution in [-0.2, 0) is 0 Å². The fourth-order valence-electron chi connectivity index (χ4n) is 2.03. The molecule has 0 aliphatic rings. The Labute approximate surface area is 128 Å². The lowest BCUT2D eigenvalue weighted by Crippen LogP contribution is -1.86. The Balaban J connectivity index is 1.80. The second kappa shape index (κ2) is 6.10. The Morgan fingerprint density at radius 3 is 2.36 bits per heavy atom. The average Bonchev–Trinajstić information content (AvgIpc) is 2.55. The maximum absolute atomic E-state index is 9.73. The zero-order valence-corrected chi connectivity index (χ0v) is 11.7. The van der Waals surface area contributed by atoms with Gasteiger partial charge in [-0.2, -0.15) is 0 Å². The lowest BCUT2D eigenvalue weighted by Gasteiger charge is -2.01. The molecule has 0 atom stereocenters. The highest BCUT2D eigenvalue weighted by Gasteiger charge is 2.00. The zero-order chi connectivity index (χ0) is 15.4. The van der Waals surface area contributed by atoms with Gasteiger partial charge in [0.2, 0.25) is 0 Å². The maximum Gasteiger partial charge on any atom is 0.126 e. The molecule has 0 radical (unpaired) electrons. The number of phenols is 2.